The van der Waals surface area contributed by atoms with Gasteiger partial charge >= 0.3 is 5.97 Å². The van der Waals surface area contributed by atoms with Crippen LogP contribution in [0.15, 0.2) is 18.3 Å². The standard InChI is InChI=1S/C11H12N2O2/c1-2-15-11(14)5-3-4-9-6-7-10(12)13-8-9/h6-8H,2,5H2,1H3,(H2,12,13). The summed E-state index contributed by atoms with van der Waals surface area (Å²) in [5.41, 5.74) is 6.14. The molecule has 0 spiro atoms. The van der Waals surface area contributed by atoms with Gasteiger partial charge in [-0.15, -0.1) is 0 Å². The maximum atomic E-state index is 10.9. The van der Waals surface area contributed by atoms with Gasteiger partial charge in [-0.3, -0.25) is 4.79 Å². The molecular formula is C11H12N2O2. The largest absolute Gasteiger partial charge is 0.465 e. The number of anilines is 1. The van der Waals surface area contributed by atoms with Gasteiger partial charge in [0.2, 0.25) is 0 Å². The molecule has 0 bridgehead atoms. The van der Waals surface area contributed by atoms with E-state index in [1.165, 1.54) is 0 Å². The second-order valence-electron chi connectivity index (χ2n) is 2.76. The second-order valence-corrected chi connectivity index (χ2v) is 2.76. The first kappa shape index (κ1) is 11.1. The lowest BCUT2D eigenvalue weighted by molar-refractivity contribution is -0.141. The molecule has 2 N–H and O–H groups in total. The van der Waals surface area contributed by atoms with Crippen molar-refractivity contribution >= 4 is 11.8 Å². The Morgan fingerprint density at radius 2 is 2.40 bits per heavy atom. The molecule has 0 aliphatic heterocycles. The van der Waals surface area contributed by atoms with Crippen LogP contribution in [-0.2, 0) is 9.53 Å². The number of hydrogen-bond donors (Lipinski definition) is 1. The van der Waals surface area contributed by atoms with E-state index >= 15 is 0 Å². The van der Waals surface area contributed by atoms with Crippen molar-refractivity contribution in [2.24, 2.45) is 0 Å². The summed E-state index contributed by atoms with van der Waals surface area (Å²) in [5, 5.41) is 0. The van der Waals surface area contributed by atoms with Gasteiger partial charge in [-0.2, -0.15) is 0 Å². The third kappa shape index (κ3) is 4.14. The predicted molar refractivity (Wildman–Crippen MR) is 56.8 cm³/mol. The van der Waals surface area contributed by atoms with Gasteiger partial charge in [0.05, 0.1) is 6.61 Å². The summed E-state index contributed by atoms with van der Waals surface area (Å²) >= 11 is 0. The first-order chi connectivity index (χ1) is 7.22. The summed E-state index contributed by atoms with van der Waals surface area (Å²) < 4.78 is 4.72. The fourth-order valence-corrected chi connectivity index (χ4v) is 0.910. The number of nitrogens with zero attached hydrogens (tertiary/aromatic N) is 1. The summed E-state index contributed by atoms with van der Waals surface area (Å²) in [7, 11) is 0. The lowest BCUT2D eigenvalue weighted by atomic mass is 10.3. The molecule has 1 heterocycles. The smallest absolute Gasteiger partial charge is 0.317 e. The summed E-state index contributed by atoms with van der Waals surface area (Å²) in [5.74, 6) is 5.63. The van der Waals surface area contributed by atoms with Gasteiger partial charge < -0.3 is 10.5 Å². The van der Waals surface area contributed by atoms with Crippen LogP contribution in [0.5, 0.6) is 0 Å². The van der Waals surface area contributed by atoms with Crippen LogP contribution in [0.3, 0.4) is 0 Å². The molecule has 4 nitrogen and oxygen atoms in total. The van der Waals surface area contributed by atoms with Gasteiger partial charge in [-0.1, -0.05) is 11.8 Å². The van der Waals surface area contributed by atoms with Crippen LogP contribution < -0.4 is 5.73 Å². The molecular weight excluding hydrogens is 192 g/mol. The maximum absolute atomic E-state index is 10.9. The van der Waals surface area contributed by atoms with Gasteiger partial charge in [-0.05, 0) is 19.1 Å². The van der Waals surface area contributed by atoms with E-state index in [9.17, 15) is 4.79 Å². The molecule has 1 aromatic rings. The Hall–Kier alpha value is -2.02. The third-order valence-corrected chi connectivity index (χ3v) is 1.56. The average Bonchev–Trinajstić information content (AvgIpc) is 2.21. The number of hydrogen-bond acceptors (Lipinski definition) is 4. The normalized spacial score (nSPS) is 8.87. The molecule has 0 saturated heterocycles. The number of esters is 1. The average molecular weight is 204 g/mol. The van der Waals surface area contributed by atoms with Crippen LogP contribution in [0.4, 0.5) is 5.82 Å². The molecule has 1 rings (SSSR count). The molecule has 0 unspecified atom stereocenters. The fourth-order valence-electron chi connectivity index (χ4n) is 0.910. The first-order valence-corrected chi connectivity index (χ1v) is 4.58. The van der Waals surface area contributed by atoms with E-state index < -0.39 is 0 Å². The maximum Gasteiger partial charge on any atom is 0.317 e. The van der Waals surface area contributed by atoms with Crippen LogP contribution in [-0.4, -0.2) is 17.6 Å². The zero-order valence-corrected chi connectivity index (χ0v) is 8.49. The second kappa shape index (κ2) is 5.66. The number of pyridine rings is 1. The lowest BCUT2D eigenvalue weighted by Gasteiger charge is -1.94. The van der Waals surface area contributed by atoms with Crippen molar-refractivity contribution in [3.8, 4) is 11.8 Å². The third-order valence-electron chi connectivity index (χ3n) is 1.56. The Bertz CT molecular complexity index is 387. The number of carbonyl (C=O) groups is 1. The van der Waals surface area contributed by atoms with Crippen LogP contribution >= 0.6 is 0 Å². The van der Waals surface area contributed by atoms with Crippen LogP contribution in [0.1, 0.15) is 18.9 Å². The van der Waals surface area contributed by atoms with E-state index in [0.717, 1.165) is 5.56 Å². The SMILES string of the molecule is CCOC(=O)CC#Cc1ccc(N)nc1. The molecule has 78 valence electrons. The van der Waals surface area contributed by atoms with Gasteiger partial charge in [0, 0.05) is 11.8 Å². The molecule has 0 atom stereocenters. The molecule has 0 radical (unpaired) electrons. The van der Waals surface area contributed by atoms with Crippen molar-refractivity contribution < 1.29 is 9.53 Å². The molecule has 0 saturated carbocycles. The minimum Gasteiger partial charge on any atom is -0.465 e. The van der Waals surface area contributed by atoms with Crippen molar-refractivity contribution in [2.45, 2.75) is 13.3 Å². The van der Waals surface area contributed by atoms with Gasteiger partial charge in [0.15, 0.2) is 0 Å². The summed E-state index contributed by atoms with van der Waals surface area (Å²) in [4.78, 5) is 14.8. The van der Waals surface area contributed by atoms with E-state index in [-0.39, 0.29) is 12.4 Å². The molecule has 0 aliphatic rings. The van der Waals surface area contributed by atoms with Crippen molar-refractivity contribution in [1.82, 2.24) is 4.98 Å². The number of nitrogens with two attached hydrogens (primary N) is 1. The number of aromatic nitrogens is 1. The van der Waals surface area contributed by atoms with Gasteiger partial charge in [0.1, 0.15) is 12.2 Å². The monoisotopic (exact) mass is 204 g/mol. The Kier molecular flexibility index (Phi) is 4.17. The quantitative estimate of drug-likeness (QED) is 0.575. The van der Waals surface area contributed by atoms with Gasteiger partial charge in [0.25, 0.3) is 0 Å². The first-order valence-electron chi connectivity index (χ1n) is 4.58. The lowest BCUT2D eigenvalue weighted by Crippen LogP contribution is -2.01. The fraction of sp³-hybridized carbons (Fsp3) is 0.273. The number of nitrogen functional groups attached to an aromatic ring is 1. The zero-order chi connectivity index (χ0) is 11.1. The minimum absolute atomic E-state index is 0.0955. The zero-order valence-electron chi connectivity index (χ0n) is 8.49. The summed E-state index contributed by atoms with van der Waals surface area (Å²) in [6.07, 6.45) is 1.66. The minimum atomic E-state index is -0.312. The van der Waals surface area contributed by atoms with E-state index in [0.29, 0.717) is 12.4 Å². The number of carbonyl (C=O) groups excluding carboxylic acids is 1. The highest BCUT2D eigenvalue weighted by Crippen LogP contribution is 1.98. The molecule has 0 aromatic carbocycles. The topological polar surface area (TPSA) is 65.2 Å². The molecule has 4 heteroatoms. The van der Waals surface area contributed by atoms with Crippen molar-refractivity contribution in [1.29, 1.82) is 0 Å². The van der Waals surface area contributed by atoms with E-state index in [2.05, 4.69) is 16.8 Å². The highest BCUT2D eigenvalue weighted by Gasteiger charge is 1.95. The van der Waals surface area contributed by atoms with Crippen molar-refractivity contribution in [3.05, 3.63) is 23.9 Å². The van der Waals surface area contributed by atoms with Crippen LogP contribution in [0.2, 0.25) is 0 Å². The Morgan fingerprint density at radius 3 is 3.00 bits per heavy atom. The molecule has 0 fully saturated rings. The van der Waals surface area contributed by atoms with Gasteiger partial charge in [-0.25, -0.2) is 4.98 Å². The Morgan fingerprint density at radius 1 is 1.60 bits per heavy atom. The van der Waals surface area contributed by atoms with Crippen LogP contribution in [0.25, 0.3) is 0 Å². The van der Waals surface area contributed by atoms with Crippen molar-refractivity contribution in [2.75, 3.05) is 12.3 Å². The summed E-state index contributed by atoms with van der Waals surface area (Å²) in [6, 6.07) is 3.41. The summed E-state index contributed by atoms with van der Waals surface area (Å²) in [6.45, 7) is 2.14. The van der Waals surface area contributed by atoms with E-state index in [1.807, 2.05) is 0 Å². The molecule has 0 aliphatic carbocycles. The van der Waals surface area contributed by atoms with Crippen LogP contribution in [0, 0.1) is 11.8 Å². The Labute approximate surface area is 88.5 Å². The predicted octanol–water partition coefficient (Wildman–Crippen LogP) is 0.968. The van der Waals surface area contributed by atoms with E-state index in [1.54, 1.807) is 25.3 Å². The number of rotatable bonds is 2. The number of ether oxygens (including phenoxy) is 1. The highest BCUT2D eigenvalue weighted by atomic mass is 16.5. The molecule has 15 heavy (non-hydrogen) atoms. The molecule has 1 aromatic heterocycles. The van der Waals surface area contributed by atoms with E-state index in [4.69, 9.17) is 10.5 Å². The molecule has 0 amide bonds. The Balaban J connectivity index is 2.51. The highest BCUT2D eigenvalue weighted by molar-refractivity contribution is 5.72. The van der Waals surface area contributed by atoms with Crippen molar-refractivity contribution in [3.63, 3.8) is 0 Å².